The molecule has 0 saturated carbocycles. The standard InChI is InChI=1S/C15H21NO4/c1-2-3-4-5-6-7-10-20-15-11-13(12-17)8-9-14(15)16(18)19/h8-9,11-12H,2-7,10H2,1H3. The highest BCUT2D eigenvalue weighted by molar-refractivity contribution is 5.76. The van der Waals surface area contributed by atoms with E-state index in [0.717, 1.165) is 19.3 Å². The zero-order valence-corrected chi connectivity index (χ0v) is 11.8. The van der Waals surface area contributed by atoms with Crippen LogP contribution in [0.4, 0.5) is 5.69 Å². The monoisotopic (exact) mass is 279 g/mol. The van der Waals surface area contributed by atoms with Gasteiger partial charge in [-0.3, -0.25) is 14.9 Å². The minimum Gasteiger partial charge on any atom is -0.487 e. The number of nitro groups is 1. The first-order chi connectivity index (χ1) is 9.69. The van der Waals surface area contributed by atoms with Crippen LogP contribution >= 0.6 is 0 Å². The van der Waals surface area contributed by atoms with Crippen molar-refractivity contribution in [1.82, 2.24) is 0 Å². The molecule has 5 heteroatoms. The Balaban J connectivity index is 2.45. The summed E-state index contributed by atoms with van der Waals surface area (Å²) in [5, 5.41) is 10.9. The second-order valence-electron chi connectivity index (χ2n) is 4.72. The van der Waals surface area contributed by atoms with E-state index >= 15 is 0 Å². The van der Waals surface area contributed by atoms with Crippen molar-refractivity contribution in [3.63, 3.8) is 0 Å². The fourth-order valence-corrected chi connectivity index (χ4v) is 1.93. The van der Waals surface area contributed by atoms with Gasteiger partial charge in [-0.05, 0) is 18.6 Å². The Hall–Kier alpha value is -1.91. The zero-order valence-electron chi connectivity index (χ0n) is 11.8. The van der Waals surface area contributed by atoms with E-state index in [0.29, 0.717) is 18.5 Å². The van der Waals surface area contributed by atoms with E-state index in [1.54, 1.807) is 0 Å². The van der Waals surface area contributed by atoms with Gasteiger partial charge in [0.05, 0.1) is 11.5 Å². The van der Waals surface area contributed by atoms with E-state index in [9.17, 15) is 14.9 Å². The maximum absolute atomic E-state index is 10.9. The summed E-state index contributed by atoms with van der Waals surface area (Å²) in [6.45, 7) is 2.61. The number of ether oxygens (including phenoxy) is 1. The van der Waals surface area contributed by atoms with Gasteiger partial charge in [0.15, 0.2) is 5.75 Å². The summed E-state index contributed by atoms with van der Waals surface area (Å²) in [5.41, 5.74) is 0.287. The third kappa shape index (κ3) is 5.38. The smallest absolute Gasteiger partial charge is 0.310 e. The van der Waals surface area contributed by atoms with Crippen LogP contribution in [0.15, 0.2) is 18.2 Å². The van der Waals surface area contributed by atoms with Gasteiger partial charge in [-0.15, -0.1) is 0 Å². The fraction of sp³-hybridized carbons (Fsp3) is 0.533. The zero-order chi connectivity index (χ0) is 14.8. The van der Waals surface area contributed by atoms with Crippen molar-refractivity contribution in [3.05, 3.63) is 33.9 Å². The van der Waals surface area contributed by atoms with E-state index in [4.69, 9.17) is 4.74 Å². The molecule has 0 aliphatic rings. The molecular formula is C15H21NO4. The molecule has 1 aromatic rings. The van der Waals surface area contributed by atoms with Crippen LogP contribution in [-0.2, 0) is 0 Å². The van der Waals surface area contributed by atoms with Crippen molar-refractivity contribution in [2.24, 2.45) is 0 Å². The number of hydrogen-bond donors (Lipinski definition) is 0. The molecule has 0 unspecified atom stereocenters. The molecular weight excluding hydrogens is 258 g/mol. The Morgan fingerprint density at radius 1 is 1.20 bits per heavy atom. The Labute approximate surface area is 119 Å². The van der Waals surface area contributed by atoms with Crippen molar-refractivity contribution in [2.45, 2.75) is 45.4 Å². The van der Waals surface area contributed by atoms with Crippen LogP contribution in [0.25, 0.3) is 0 Å². The van der Waals surface area contributed by atoms with Crippen molar-refractivity contribution in [2.75, 3.05) is 6.61 Å². The van der Waals surface area contributed by atoms with Gasteiger partial charge in [0.1, 0.15) is 6.29 Å². The third-order valence-corrected chi connectivity index (χ3v) is 3.07. The molecule has 0 fully saturated rings. The van der Waals surface area contributed by atoms with Crippen LogP contribution in [0.2, 0.25) is 0 Å². The predicted octanol–water partition coefficient (Wildman–Crippen LogP) is 4.15. The quantitative estimate of drug-likeness (QED) is 0.279. The second-order valence-corrected chi connectivity index (χ2v) is 4.72. The largest absolute Gasteiger partial charge is 0.487 e. The fourth-order valence-electron chi connectivity index (χ4n) is 1.93. The van der Waals surface area contributed by atoms with Crippen molar-refractivity contribution < 1.29 is 14.5 Å². The van der Waals surface area contributed by atoms with E-state index < -0.39 is 4.92 Å². The van der Waals surface area contributed by atoms with Gasteiger partial charge in [-0.25, -0.2) is 0 Å². The molecule has 0 atom stereocenters. The molecule has 20 heavy (non-hydrogen) atoms. The normalized spacial score (nSPS) is 10.2. The molecule has 0 aliphatic carbocycles. The van der Waals surface area contributed by atoms with Crippen LogP contribution in [-0.4, -0.2) is 17.8 Å². The number of carbonyl (C=O) groups excluding carboxylic acids is 1. The van der Waals surface area contributed by atoms with Gasteiger partial charge in [0.25, 0.3) is 0 Å². The molecule has 0 saturated heterocycles. The molecule has 0 spiro atoms. The maximum Gasteiger partial charge on any atom is 0.310 e. The SMILES string of the molecule is CCCCCCCCOc1cc(C=O)ccc1[N+](=O)[O-]. The number of unbranched alkanes of at least 4 members (excludes halogenated alkanes) is 5. The summed E-state index contributed by atoms with van der Waals surface area (Å²) in [5.74, 6) is 0.174. The van der Waals surface area contributed by atoms with Crippen molar-refractivity contribution in [1.29, 1.82) is 0 Å². The average molecular weight is 279 g/mol. The van der Waals surface area contributed by atoms with E-state index in [1.807, 2.05) is 0 Å². The first-order valence-corrected chi connectivity index (χ1v) is 7.05. The maximum atomic E-state index is 10.9. The minimum atomic E-state index is -0.495. The number of benzene rings is 1. The lowest BCUT2D eigenvalue weighted by Crippen LogP contribution is -2.01. The Kier molecular flexibility index (Phi) is 7.32. The van der Waals surface area contributed by atoms with Gasteiger partial charge < -0.3 is 4.74 Å². The van der Waals surface area contributed by atoms with Gasteiger partial charge in [0, 0.05) is 11.6 Å². The average Bonchev–Trinajstić information content (AvgIpc) is 2.45. The van der Waals surface area contributed by atoms with Gasteiger partial charge >= 0.3 is 5.69 Å². The van der Waals surface area contributed by atoms with Crippen molar-refractivity contribution >= 4 is 12.0 Å². The highest BCUT2D eigenvalue weighted by Gasteiger charge is 2.15. The first kappa shape index (κ1) is 16.1. The summed E-state index contributed by atoms with van der Waals surface area (Å²) in [6.07, 6.45) is 7.41. The molecule has 0 bridgehead atoms. The lowest BCUT2D eigenvalue weighted by atomic mass is 10.1. The molecule has 5 nitrogen and oxygen atoms in total. The molecule has 0 aliphatic heterocycles. The molecule has 0 N–H and O–H groups in total. The highest BCUT2D eigenvalue weighted by atomic mass is 16.6. The van der Waals surface area contributed by atoms with Gasteiger partial charge in [0.2, 0.25) is 0 Å². The van der Waals surface area contributed by atoms with Crippen LogP contribution in [0, 0.1) is 10.1 Å². The number of carbonyl (C=O) groups is 1. The third-order valence-electron chi connectivity index (χ3n) is 3.07. The molecule has 1 rings (SSSR count). The number of rotatable bonds is 10. The molecule has 0 heterocycles. The summed E-state index contributed by atoms with van der Waals surface area (Å²) < 4.78 is 5.45. The molecule has 0 amide bonds. The Bertz CT molecular complexity index is 445. The molecule has 0 aromatic heterocycles. The lowest BCUT2D eigenvalue weighted by molar-refractivity contribution is -0.385. The minimum absolute atomic E-state index is 0.0958. The Morgan fingerprint density at radius 2 is 1.90 bits per heavy atom. The van der Waals surface area contributed by atoms with E-state index in [2.05, 4.69) is 6.92 Å². The van der Waals surface area contributed by atoms with Crippen molar-refractivity contribution in [3.8, 4) is 5.75 Å². The summed E-state index contributed by atoms with van der Waals surface area (Å²) >= 11 is 0. The Morgan fingerprint density at radius 3 is 2.55 bits per heavy atom. The van der Waals surface area contributed by atoms with Gasteiger partial charge in [-0.1, -0.05) is 39.0 Å². The van der Waals surface area contributed by atoms with Crippen LogP contribution in [0.5, 0.6) is 5.75 Å². The number of nitro benzene ring substituents is 1. The molecule has 110 valence electrons. The second kappa shape index (κ2) is 9.07. The molecule has 0 radical (unpaired) electrons. The summed E-state index contributed by atoms with van der Waals surface area (Å²) in [4.78, 5) is 21.1. The highest BCUT2D eigenvalue weighted by Crippen LogP contribution is 2.27. The predicted molar refractivity (Wildman–Crippen MR) is 77.4 cm³/mol. The molecule has 1 aromatic carbocycles. The summed E-state index contributed by atoms with van der Waals surface area (Å²) in [7, 11) is 0. The number of aldehydes is 1. The lowest BCUT2D eigenvalue weighted by Gasteiger charge is -2.07. The number of hydrogen-bond acceptors (Lipinski definition) is 4. The van der Waals surface area contributed by atoms with Crippen LogP contribution in [0.1, 0.15) is 55.8 Å². The summed E-state index contributed by atoms with van der Waals surface area (Å²) in [6, 6.07) is 4.14. The number of nitrogens with zero attached hydrogens (tertiary/aromatic N) is 1. The van der Waals surface area contributed by atoms with E-state index in [1.165, 1.54) is 37.5 Å². The topological polar surface area (TPSA) is 69.4 Å². The first-order valence-electron chi connectivity index (χ1n) is 7.05. The van der Waals surface area contributed by atoms with Crippen LogP contribution in [0.3, 0.4) is 0 Å². The van der Waals surface area contributed by atoms with Gasteiger partial charge in [-0.2, -0.15) is 0 Å². The van der Waals surface area contributed by atoms with Crippen LogP contribution < -0.4 is 4.74 Å². The van der Waals surface area contributed by atoms with E-state index in [-0.39, 0.29) is 11.4 Å².